The molecule has 4 heteroatoms. The van der Waals surface area contributed by atoms with Crippen LogP contribution in [0.4, 0.5) is 0 Å². The van der Waals surface area contributed by atoms with Crippen molar-refractivity contribution in [3.05, 3.63) is 74.8 Å². The van der Waals surface area contributed by atoms with Crippen molar-refractivity contribution in [2.75, 3.05) is 0 Å². The number of carbonyl (C=O) groups excluding carboxylic acids is 1. The summed E-state index contributed by atoms with van der Waals surface area (Å²) in [4.78, 5) is 13.7. The van der Waals surface area contributed by atoms with Crippen molar-refractivity contribution in [2.45, 2.75) is 44.1 Å². The summed E-state index contributed by atoms with van der Waals surface area (Å²) >= 11 is 3.58. The van der Waals surface area contributed by atoms with Crippen LogP contribution in [0, 0.1) is 17.2 Å². The Labute approximate surface area is 173 Å². The van der Waals surface area contributed by atoms with Crippen LogP contribution in [0.5, 0.6) is 5.75 Å². The summed E-state index contributed by atoms with van der Waals surface area (Å²) in [5, 5.41) is 9.06. The standard InChI is InChI=1S/C24H20BrNO2/c25-16-9-10-21-19(11-16)20-12-22(28-21)17-3-1-2-4-18(17)23(20)24(27)15-7-5-14(13-26)6-8-15/h5-11,20,22-23H,1-4,12H2. The van der Waals surface area contributed by atoms with Gasteiger partial charge in [-0.2, -0.15) is 5.26 Å². The number of halogens is 1. The third kappa shape index (κ3) is 2.81. The van der Waals surface area contributed by atoms with Crippen LogP contribution < -0.4 is 4.74 Å². The van der Waals surface area contributed by atoms with E-state index >= 15 is 0 Å². The van der Waals surface area contributed by atoms with E-state index in [1.165, 1.54) is 17.6 Å². The molecule has 3 aliphatic rings. The van der Waals surface area contributed by atoms with E-state index in [2.05, 4.69) is 28.1 Å². The SMILES string of the molecule is N#Cc1ccc(C(=O)C2C3=C(CCCC3)C3CC2c2cc(Br)ccc2O3)cc1. The van der Waals surface area contributed by atoms with Crippen LogP contribution in [0.3, 0.4) is 0 Å². The number of rotatable bonds is 2. The zero-order chi connectivity index (χ0) is 19.3. The first kappa shape index (κ1) is 17.7. The minimum atomic E-state index is -0.128. The Morgan fingerprint density at radius 3 is 2.57 bits per heavy atom. The van der Waals surface area contributed by atoms with E-state index in [1.807, 2.05) is 12.1 Å². The van der Waals surface area contributed by atoms with E-state index < -0.39 is 0 Å². The quantitative estimate of drug-likeness (QED) is 0.434. The van der Waals surface area contributed by atoms with Gasteiger partial charge in [0.1, 0.15) is 11.9 Å². The molecule has 0 saturated heterocycles. The Bertz CT molecular complexity index is 1030. The Morgan fingerprint density at radius 1 is 1.07 bits per heavy atom. The zero-order valence-electron chi connectivity index (χ0n) is 15.5. The Balaban J connectivity index is 1.63. The maximum atomic E-state index is 13.7. The molecular formula is C24H20BrNO2. The van der Waals surface area contributed by atoms with Gasteiger partial charge in [0, 0.05) is 16.0 Å². The molecule has 0 N–H and O–H groups in total. The van der Waals surface area contributed by atoms with Crippen molar-refractivity contribution in [1.29, 1.82) is 5.26 Å². The summed E-state index contributed by atoms with van der Waals surface area (Å²) in [5.41, 5.74) is 5.09. The van der Waals surface area contributed by atoms with Gasteiger partial charge in [-0.25, -0.2) is 0 Å². The van der Waals surface area contributed by atoms with Crippen molar-refractivity contribution >= 4 is 21.7 Å². The van der Waals surface area contributed by atoms with Gasteiger partial charge in [-0.05, 0) is 73.6 Å². The van der Waals surface area contributed by atoms with E-state index in [-0.39, 0.29) is 23.7 Å². The topological polar surface area (TPSA) is 50.1 Å². The normalized spacial score (nSPS) is 25.2. The molecule has 0 aromatic heterocycles. The molecule has 5 rings (SSSR count). The molecule has 2 bridgehead atoms. The number of Topliss-reactive ketones (excluding diaryl/α,β-unsaturated/α-hetero) is 1. The monoisotopic (exact) mass is 433 g/mol. The first-order valence-corrected chi connectivity index (χ1v) is 10.7. The number of hydrogen-bond acceptors (Lipinski definition) is 3. The van der Waals surface area contributed by atoms with Crippen LogP contribution in [-0.4, -0.2) is 11.9 Å². The molecule has 1 aliphatic heterocycles. The van der Waals surface area contributed by atoms with Gasteiger partial charge in [-0.15, -0.1) is 0 Å². The fourth-order valence-electron chi connectivity index (χ4n) is 5.15. The minimum absolute atomic E-state index is 0.110. The highest BCUT2D eigenvalue weighted by molar-refractivity contribution is 9.10. The molecule has 3 atom stereocenters. The molecular weight excluding hydrogens is 414 g/mol. The maximum absolute atomic E-state index is 13.7. The van der Waals surface area contributed by atoms with E-state index in [9.17, 15) is 4.79 Å². The van der Waals surface area contributed by atoms with Gasteiger partial charge < -0.3 is 4.74 Å². The summed E-state index contributed by atoms with van der Waals surface area (Å²) in [7, 11) is 0. The van der Waals surface area contributed by atoms with Crippen LogP contribution in [0.2, 0.25) is 0 Å². The lowest BCUT2D eigenvalue weighted by atomic mass is 9.64. The molecule has 2 aromatic rings. The van der Waals surface area contributed by atoms with Crippen LogP contribution in [0.1, 0.15) is 59.5 Å². The maximum Gasteiger partial charge on any atom is 0.170 e. The van der Waals surface area contributed by atoms with Gasteiger partial charge in [0.05, 0.1) is 17.6 Å². The molecule has 0 amide bonds. The van der Waals surface area contributed by atoms with E-state index in [1.54, 1.807) is 24.3 Å². The molecule has 140 valence electrons. The minimum Gasteiger partial charge on any atom is -0.486 e. The van der Waals surface area contributed by atoms with Crippen molar-refractivity contribution in [2.24, 2.45) is 5.92 Å². The third-order valence-electron chi connectivity index (χ3n) is 6.41. The number of ether oxygens (including phenoxy) is 1. The van der Waals surface area contributed by atoms with Crippen LogP contribution in [0.15, 0.2) is 58.1 Å². The predicted molar refractivity (Wildman–Crippen MR) is 110 cm³/mol. The molecule has 3 nitrogen and oxygen atoms in total. The second kappa shape index (κ2) is 6.90. The zero-order valence-corrected chi connectivity index (χ0v) is 17.0. The van der Waals surface area contributed by atoms with Gasteiger partial charge in [-0.1, -0.05) is 33.6 Å². The molecule has 2 aliphatic carbocycles. The highest BCUT2D eigenvalue weighted by Crippen LogP contribution is 2.53. The lowest BCUT2D eigenvalue weighted by molar-refractivity contribution is 0.0853. The third-order valence-corrected chi connectivity index (χ3v) is 6.90. The number of ketones is 1. The van der Waals surface area contributed by atoms with Crippen LogP contribution >= 0.6 is 15.9 Å². The van der Waals surface area contributed by atoms with Gasteiger partial charge in [0.15, 0.2) is 5.78 Å². The second-order valence-electron chi connectivity index (χ2n) is 7.92. The van der Waals surface area contributed by atoms with E-state index in [0.29, 0.717) is 11.1 Å². The van der Waals surface area contributed by atoms with Crippen LogP contribution in [-0.2, 0) is 0 Å². The largest absolute Gasteiger partial charge is 0.486 e. The molecule has 0 saturated carbocycles. The van der Waals surface area contributed by atoms with Gasteiger partial charge in [-0.3, -0.25) is 4.79 Å². The lowest BCUT2D eigenvalue weighted by Crippen LogP contribution is -2.41. The van der Waals surface area contributed by atoms with Crippen molar-refractivity contribution in [3.8, 4) is 11.8 Å². The average Bonchev–Trinajstić information content (AvgIpc) is 2.74. The molecule has 3 unspecified atom stereocenters. The molecule has 0 spiro atoms. The number of allylic oxidation sites excluding steroid dienone is 1. The number of fused-ring (bicyclic) bond motifs is 5. The predicted octanol–water partition coefficient (Wildman–Crippen LogP) is 5.94. The Morgan fingerprint density at radius 2 is 1.82 bits per heavy atom. The van der Waals surface area contributed by atoms with Gasteiger partial charge in [0.25, 0.3) is 0 Å². The summed E-state index contributed by atoms with van der Waals surface area (Å²) < 4.78 is 7.38. The first-order chi connectivity index (χ1) is 13.7. The fourth-order valence-corrected chi connectivity index (χ4v) is 5.53. The number of hydrogen-bond donors (Lipinski definition) is 0. The van der Waals surface area contributed by atoms with Crippen molar-refractivity contribution < 1.29 is 9.53 Å². The smallest absolute Gasteiger partial charge is 0.170 e. The van der Waals surface area contributed by atoms with E-state index in [4.69, 9.17) is 10.00 Å². The molecule has 0 fully saturated rings. The molecule has 28 heavy (non-hydrogen) atoms. The summed E-state index contributed by atoms with van der Waals surface area (Å²) in [6.45, 7) is 0. The number of benzene rings is 2. The van der Waals surface area contributed by atoms with Crippen LogP contribution in [0.25, 0.3) is 0 Å². The Kier molecular flexibility index (Phi) is 4.36. The van der Waals surface area contributed by atoms with Crippen molar-refractivity contribution in [3.63, 3.8) is 0 Å². The second-order valence-corrected chi connectivity index (χ2v) is 8.84. The summed E-state index contributed by atoms with van der Waals surface area (Å²) in [6.07, 6.45) is 5.32. The number of nitriles is 1. The summed E-state index contributed by atoms with van der Waals surface area (Å²) in [5.74, 6) is 1.11. The summed E-state index contributed by atoms with van der Waals surface area (Å²) in [6, 6.07) is 15.4. The number of carbonyl (C=O) groups is 1. The Hall–Kier alpha value is -2.38. The average molecular weight is 434 g/mol. The van der Waals surface area contributed by atoms with Gasteiger partial charge >= 0.3 is 0 Å². The highest BCUT2D eigenvalue weighted by atomic mass is 79.9. The fraction of sp³-hybridized carbons (Fsp3) is 0.333. The highest BCUT2D eigenvalue weighted by Gasteiger charge is 2.46. The first-order valence-electron chi connectivity index (χ1n) is 9.88. The number of nitrogens with zero attached hydrogens (tertiary/aromatic N) is 1. The molecule has 1 heterocycles. The van der Waals surface area contributed by atoms with Gasteiger partial charge in [0.2, 0.25) is 0 Å². The lowest BCUT2D eigenvalue weighted by Gasteiger charge is -2.45. The van der Waals surface area contributed by atoms with Crippen molar-refractivity contribution in [1.82, 2.24) is 0 Å². The molecule has 0 radical (unpaired) electrons. The van der Waals surface area contributed by atoms with E-state index in [0.717, 1.165) is 41.5 Å². The molecule has 2 aromatic carbocycles.